The van der Waals surface area contributed by atoms with Gasteiger partial charge < -0.3 is 5.32 Å². The topological polar surface area (TPSA) is 104 Å². The average molecular weight is 327 g/mol. The van der Waals surface area contributed by atoms with Crippen molar-refractivity contribution in [3.8, 4) is 0 Å². The molecule has 0 spiro atoms. The van der Waals surface area contributed by atoms with Crippen LogP contribution in [0.1, 0.15) is 11.3 Å². The smallest absolute Gasteiger partial charge is 0.264 e. The van der Waals surface area contributed by atoms with Gasteiger partial charge in [-0.2, -0.15) is 5.10 Å². The Balaban J connectivity index is 2.00. The van der Waals surface area contributed by atoms with Gasteiger partial charge in [0, 0.05) is 17.4 Å². The van der Waals surface area contributed by atoms with E-state index in [1.54, 1.807) is 13.0 Å². The summed E-state index contributed by atoms with van der Waals surface area (Å²) in [6.45, 7) is 1.75. The first-order valence-corrected chi connectivity index (χ1v) is 7.88. The lowest BCUT2D eigenvalue weighted by atomic mass is 10.2. The molecule has 110 valence electrons. The normalized spacial score (nSPS) is 13.9. The van der Waals surface area contributed by atoms with Gasteiger partial charge in [-0.15, -0.1) is 0 Å². The fourth-order valence-corrected chi connectivity index (χ4v) is 3.67. The Morgan fingerprint density at radius 2 is 2.10 bits per heavy atom. The molecule has 0 atom stereocenters. The van der Waals surface area contributed by atoms with Crippen molar-refractivity contribution in [1.29, 1.82) is 0 Å². The quantitative estimate of drug-likeness (QED) is 0.798. The van der Waals surface area contributed by atoms with Gasteiger partial charge in [-0.3, -0.25) is 14.6 Å². The number of aromatic nitrogens is 2. The van der Waals surface area contributed by atoms with Crippen LogP contribution in [-0.4, -0.2) is 24.5 Å². The highest BCUT2D eigenvalue weighted by molar-refractivity contribution is 7.92. The Morgan fingerprint density at radius 3 is 2.76 bits per heavy atom. The molecule has 2 heterocycles. The molecule has 1 aromatic carbocycles. The van der Waals surface area contributed by atoms with Crippen LogP contribution in [0.3, 0.4) is 0 Å². The van der Waals surface area contributed by atoms with E-state index in [9.17, 15) is 13.2 Å². The van der Waals surface area contributed by atoms with Crippen LogP contribution in [-0.2, 0) is 21.2 Å². The van der Waals surface area contributed by atoms with Crippen molar-refractivity contribution >= 4 is 39.0 Å². The SMILES string of the molecule is Cc1cc(NS(=O)(=O)c2cc3c(cc2Cl)NC(=O)C3)n[nH]1. The van der Waals surface area contributed by atoms with Gasteiger partial charge in [-0.25, -0.2) is 8.42 Å². The van der Waals surface area contributed by atoms with Gasteiger partial charge in [0.2, 0.25) is 5.91 Å². The first-order valence-electron chi connectivity index (χ1n) is 6.02. The molecule has 0 fully saturated rings. The van der Waals surface area contributed by atoms with Gasteiger partial charge in [-0.1, -0.05) is 11.6 Å². The van der Waals surface area contributed by atoms with Crippen molar-refractivity contribution in [2.24, 2.45) is 0 Å². The molecule has 3 N–H and O–H groups in total. The third-order valence-electron chi connectivity index (χ3n) is 3.02. The number of halogens is 1. The first-order chi connectivity index (χ1) is 9.85. The molecule has 0 radical (unpaired) electrons. The number of hydrogen-bond donors (Lipinski definition) is 3. The van der Waals surface area contributed by atoms with Crippen molar-refractivity contribution in [1.82, 2.24) is 10.2 Å². The maximum Gasteiger partial charge on any atom is 0.264 e. The Hall–Kier alpha value is -2.06. The van der Waals surface area contributed by atoms with E-state index in [1.807, 2.05) is 0 Å². The second kappa shape index (κ2) is 4.74. The molecule has 3 rings (SSSR count). The number of carbonyl (C=O) groups excluding carboxylic acids is 1. The van der Waals surface area contributed by atoms with E-state index in [0.717, 1.165) is 5.69 Å². The van der Waals surface area contributed by atoms with E-state index in [4.69, 9.17) is 11.6 Å². The number of H-pyrrole nitrogens is 1. The number of aryl methyl sites for hydroxylation is 1. The van der Waals surface area contributed by atoms with Gasteiger partial charge in [0.25, 0.3) is 10.0 Å². The molecule has 0 bridgehead atoms. The van der Waals surface area contributed by atoms with Crippen LogP contribution in [0.2, 0.25) is 5.02 Å². The number of aromatic amines is 1. The summed E-state index contributed by atoms with van der Waals surface area (Å²) in [5.74, 6) is -0.00948. The average Bonchev–Trinajstić information content (AvgIpc) is 2.92. The standard InChI is InChI=1S/C12H11ClN4O3S/c1-6-2-11(16-15-6)17-21(19,20)10-3-7-4-12(18)14-9(7)5-8(10)13/h2-3,5H,4H2,1H3,(H,14,18)(H2,15,16,17). The van der Waals surface area contributed by atoms with E-state index in [-0.39, 0.29) is 28.1 Å². The molecule has 1 aliphatic rings. The molecular formula is C12H11ClN4O3S. The summed E-state index contributed by atoms with van der Waals surface area (Å²) in [5, 5.41) is 9.11. The number of amides is 1. The van der Waals surface area contributed by atoms with Crippen molar-refractivity contribution in [2.45, 2.75) is 18.2 Å². The molecule has 0 saturated heterocycles. The van der Waals surface area contributed by atoms with Crippen LogP contribution >= 0.6 is 11.6 Å². The lowest BCUT2D eigenvalue weighted by molar-refractivity contribution is -0.115. The number of carbonyl (C=O) groups is 1. The molecule has 0 aliphatic carbocycles. The first kappa shape index (κ1) is 13.9. The van der Waals surface area contributed by atoms with E-state index in [0.29, 0.717) is 11.3 Å². The summed E-state index contributed by atoms with van der Waals surface area (Å²) in [6.07, 6.45) is 0.135. The highest BCUT2D eigenvalue weighted by Gasteiger charge is 2.25. The van der Waals surface area contributed by atoms with Crippen molar-refractivity contribution in [2.75, 3.05) is 10.0 Å². The van der Waals surface area contributed by atoms with Gasteiger partial charge in [0.1, 0.15) is 4.90 Å². The molecule has 2 aromatic rings. The molecule has 1 aromatic heterocycles. The maximum atomic E-state index is 12.4. The van der Waals surface area contributed by atoms with E-state index < -0.39 is 10.0 Å². The number of anilines is 2. The van der Waals surface area contributed by atoms with Crippen molar-refractivity contribution in [3.05, 3.63) is 34.5 Å². The summed E-state index contributed by atoms with van der Waals surface area (Å²) >= 11 is 6.01. The fourth-order valence-electron chi connectivity index (χ4n) is 2.09. The molecular weight excluding hydrogens is 316 g/mol. The minimum Gasteiger partial charge on any atom is -0.325 e. The molecule has 21 heavy (non-hydrogen) atoms. The van der Waals surface area contributed by atoms with Crippen LogP contribution in [0.4, 0.5) is 11.5 Å². The van der Waals surface area contributed by atoms with E-state index in [1.165, 1.54) is 12.1 Å². The van der Waals surface area contributed by atoms with Gasteiger partial charge in [0.15, 0.2) is 5.82 Å². The number of nitrogens with one attached hydrogen (secondary N) is 3. The number of hydrogen-bond acceptors (Lipinski definition) is 4. The minimum absolute atomic E-state index is 0.0377. The molecule has 0 saturated carbocycles. The fraction of sp³-hybridized carbons (Fsp3) is 0.167. The molecule has 0 unspecified atom stereocenters. The van der Waals surface area contributed by atoms with E-state index >= 15 is 0 Å². The third kappa shape index (κ3) is 2.59. The molecule has 1 amide bonds. The summed E-state index contributed by atoms with van der Waals surface area (Å²) in [4.78, 5) is 11.2. The third-order valence-corrected chi connectivity index (χ3v) is 4.84. The lowest BCUT2D eigenvalue weighted by Crippen LogP contribution is -2.14. The van der Waals surface area contributed by atoms with E-state index in [2.05, 4.69) is 20.2 Å². The number of fused-ring (bicyclic) bond motifs is 1. The predicted molar refractivity (Wildman–Crippen MR) is 77.9 cm³/mol. The highest BCUT2D eigenvalue weighted by Crippen LogP contribution is 2.32. The summed E-state index contributed by atoms with van der Waals surface area (Å²) < 4.78 is 27.1. The number of rotatable bonds is 3. The van der Waals surface area contributed by atoms with Gasteiger partial charge in [-0.05, 0) is 24.6 Å². The zero-order chi connectivity index (χ0) is 15.2. The molecule has 9 heteroatoms. The Morgan fingerprint density at radius 1 is 1.33 bits per heavy atom. The number of benzene rings is 1. The summed E-state index contributed by atoms with van der Waals surface area (Å²) in [6, 6.07) is 4.40. The van der Waals surface area contributed by atoms with Crippen LogP contribution in [0.5, 0.6) is 0 Å². The van der Waals surface area contributed by atoms with Crippen LogP contribution in [0.25, 0.3) is 0 Å². The van der Waals surface area contributed by atoms with Gasteiger partial charge in [0.05, 0.1) is 11.4 Å². The Labute approximate surface area is 125 Å². The van der Waals surface area contributed by atoms with Crippen LogP contribution in [0.15, 0.2) is 23.1 Å². The molecule has 1 aliphatic heterocycles. The lowest BCUT2D eigenvalue weighted by Gasteiger charge is -2.09. The summed E-state index contributed by atoms with van der Waals surface area (Å²) in [7, 11) is -3.87. The minimum atomic E-state index is -3.87. The van der Waals surface area contributed by atoms with Crippen LogP contribution < -0.4 is 10.0 Å². The highest BCUT2D eigenvalue weighted by atomic mass is 35.5. The zero-order valence-electron chi connectivity index (χ0n) is 10.9. The van der Waals surface area contributed by atoms with Crippen molar-refractivity contribution < 1.29 is 13.2 Å². The second-order valence-corrected chi connectivity index (χ2v) is 6.76. The zero-order valence-corrected chi connectivity index (χ0v) is 12.5. The monoisotopic (exact) mass is 326 g/mol. The largest absolute Gasteiger partial charge is 0.325 e. The Kier molecular flexibility index (Phi) is 3.14. The van der Waals surface area contributed by atoms with Crippen molar-refractivity contribution in [3.63, 3.8) is 0 Å². The van der Waals surface area contributed by atoms with Crippen LogP contribution in [0, 0.1) is 6.92 Å². The number of sulfonamides is 1. The number of nitrogens with zero attached hydrogens (tertiary/aromatic N) is 1. The van der Waals surface area contributed by atoms with Gasteiger partial charge >= 0.3 is 0 Å². The Bertz CT molecular complexity index is 844. The second-order valence-electron chi connectivity index (χ2n) is 4.71. The summed E-state index contributed by atoms with van der Waals surface area (Å²) in [5.41, 5.74) is 1.87. The molecule has 7 nitrogen and oxygen atoms in total. The maximum absolute atomic E-state index is 12.4. The predicted octanol–water partition coefficient (Wildman–Crippen LogP) is 1.67.